The first-order chi connectivity index (χ1) is 10.2. The SMILES string of the molecule is CCOc1cc(CNc2cccc(COC)c2)ccc1O. The number of hydrogen-bond donors (Lipinski definition) is 2. The fraction of sp³-hybridized carbons (Fsp3) is 0.294. The molecule has 0 amide bonds. The van der Waals surface area contributed by atoms with Crippen LogP contribution in [0.15, 0.2) is 42.5 Å². The lowest BCUT2D eigenvalue weighted by Crippen LogP contribution is -2.01. The first-order valence-corrected chi connectivity index (χ1v) is 6.99. The number of hydrogen-bond acceptors (Lipinski definition) is 4. The van der Waals surface area contributed by atoms with Crippen molar-refractivity contribution in [3.63, 3.8) is 0 Å². The third-order valence-corrected chi connectivity index (χ3v) is 3.06. The molecule has 0 aromatic heterocycles. The first kappa shape index (κ1) is 15.2. The van der Waals surface area contributed by atoms with Gasteiger partial charge in [-0.25, -0.2) is 0 Å². The summed E-state index contributed by atoms with van der Waals surface area (Å²) in [6, 6.07) is 13.5. The summed E-state index contributed by atoms with van der Waals surface area (Å²) in [4.78, 5) is 0. The molecular formula is C17H21NO3. The van der Waals surface area contributed by atoms with Gasteiger partial charge in [-0.2, -0.15) is 0 Å². The van der Waals surface area contributed by atoms with Gasteiger partial charge in [0.1, 0.15) is 0 Å². The number of rotatable bonds is 7. The van der Waals surface area contributed by atoms with E-state index in [0.717, 1.165) is 16.8 Å². The molecule has 0 aliphatic heterocycles. The number of aromatic hydroxyl groups is 1. The van der Waals surface area contributed by atoms with E-state index in [0.29, 0.717) is 25.5 Å². The second-order valence-electron chi connectivity index (χ2n) is 4.72. The zero-order chi connectivity index (χ0) is 15.1. The summed E-state index contributed by atoms with van der Waals surface area (Å²) >= 11 is 0. The summed E-state index contributed by atoms with van der Waals surface area (Å²) in [6.07, 6.45) is 0. The van der Waals surface area contributed by atoms with Crippen LogP contribution in [0.1, 0.15) is 18.1 Å². The van der Waals surface area contributed by atoms with Gasteiger partial charge in [0.05, 0.1) is 13.2 Å². The summed E-state index contributed by atoms with van der Waals surface area (Å²) in [7, 11) is 1.69. The molecule has 0 saturated heterocycles. The lowest BCUT2D eigenvalue weighted by molar-refractivity contribution is 0.185. The second-order valence-corrected chi connectivity index (χ2v) is 4.72. The quantitative estimate of drug-likeness (QED) is 0.817. The number of methoxy groups -OCH3 is 1. The van der Waals surface area contributed by atoms with Crippen LogP contribution in [0.3, 0.4) is 0 Å². The first-order valence-electron chi connectivity index (χ1n) is 6.99. The van der Waals surface area contributed by atoms with Crippen LogP contribution in [-0.4, -0.2) is 18.8 Å². The van der Waals surface area contributed by atoms with Crippen LogP contribution in [0.5, 0.6) is 11.5 Å². The van der Waals surface area contributed by atoms with Gasteiger partial charge in [-0.1, -0.05) is 18.2 Å². The number of phenols is 1. The van der Waals surface area contributed by atoms with Crippen LogP contribution in [0, 0.1) is 0 Å². The third-order valence-electron chi connectivity index (χ3n) is 3.06. The highest BCUT2D eigenvalue weighted by atomic mass is 16.5. The molecule has 0 aliphatic carbocycles. The minimum atomic E-state index is 0.169. The Bertz CT molecular complexity index is 584. The Kier molecular flexibility index (Phi) is 5.46. The van der Waals surface area contributed by atoms with E-state index < -0.39 is 0 Å². The van der Waals surface area contributed by atoms with Crippen molar-refractivity contribution in [2.24, 2.45) is 0 Å². The molecule has 0 heterocycles. The van der Waals surface area contributed by atoms with Crippen LogP contribution in [0.2, 0.25) is 0 Å². The lowest BCUT2D eigenvalue weighted by Gasteiger charge is -2.11. The second kappa shape index (κ2) is 7.55. The summed E-state index contributed by atoms with van der Waals surface area (Å²) < 4.78 is 10.5. The van der Waals surface area contributed by atoms with Gasteiger partial charge in [0.15, 0.2) is 11.5 Å². The van der Waals surface area contributed by atoms with Gasteiger partial charge in [0, 0.05) is 19.3 Å². The molecule has 0 saturated carbocycles. The number of phenolic OH excluding ortho intramolecular Hbond substituents is 1. The van der Waals surface area contributed by atoms with Crippen molar-refractivity contribution in [2.75, 3.05) is 19.0 Å². The van der Waals surface area contributed by atoms with E-state index in [1.54, 1.807) is 13.2 Å². The van der Waals surface area contributed by atoms with Crippen LogP contribution in [0.25, 0.3) is 0 Å². The Labute approximate surface area is 125 Å². The van der Waals surface area contributed by atoms with Crippen molar-refractivity contribution >= 4 is 5.69 Å². The van der Waals surface area contributed by atoms with E-state index in [-0.39, 0.29) is 5.75 Å². The van der Waals surface area contributed by atoms with Crippen molar-refractivity contribution in [2.45, 2.75) is 20.1 Å². The predicted octanol–water partition coefficient (Wildman–Crippen LogP) is 3.55. The molecule has 0 aliphatic rings. The molecule has 4 heteroatoms. The van der Waals surface area contributed by atoms with Crippen LogP contribution >= 0.6 is 0 Å². The molecule has 0 spiro atoms. The Morgan fingerprint density at radius 3 is 2.71 bits per heavy atom. The largest absolute Gasteiger partial charge is 0.504 e. The summed E-state index contributed by atoms with van der Waals surface area (Å²) in [6.45, 7) is 3.69. The molecule has 2 rings (SSSR count). The maximum Gasteiger partial charge on any atom is 0.161 e. The van der Waals surface area contributed by atoms with E-state index in [1.165, 1.54) is 0 Å². The molecule has 0 atom stereocenters. The molecule has 0 bridgehead atoms. The smallest absolute Gasteiger partial charge is 0.161 e. The minimum absolute atomic E-state index is 0.169. The number of benzene rings is 2. The molecule has 112 valence electrons. The summed E-state index contributed by atoms with van der Waals surface area (Å²) in [5, 5.41) is 13.0. The Balaban J connectivity index is 2.02. The van der Waals surface area contributed by atoms with Gasteiger partial charge in [-0.05, 0) is 42.3 Å². The minimum Gasteiger partial charge on any atom is -0.504 e. The highest BCUT2D eigenvalue weighted by molar-refractivity contribution is 5.47. The van der Waals surface area contributed by atoms with Gasteiger partial charge in [-0.15, -0.1) is 0 Å². The number of anilines is 1. The summed E-state index contributed by atoms with van der Waals surface area (Å²) in [5.41, 5.74) is 3.21. The topological polar surface area (TPSA) is 50.7 Å². The fourth-order valence-electron chi connectivity index (χ4n) is 2.08. The van der Waals surface area contributed by atoms with E-state index in [9.17, 15) is 5.11 Å². The molecule has 2 aromatic rings. The Morgan fingerprint density at radius 2 is 1.95 bits per heavy atom. The normalized spacial score (nSPS) is 10.4. The molecule has 2 N–H and O–H groups in total. The molecule has 0 fully saturated rings. The molecular weight excluding hydrogens is 266 g/mol. The lowest BCUT2D eigenvalue weighted by atomic mass is 10.1. The fourth-order valence-corrected chi connectivity index (χ4v) is 2.08. The van der Waals surface area contributed by atoms with Crippen LogP contribution in [0.4, 0.5) is 5.69 Å². The van der Waals surface area contributed by atoms with Crippen molar-refractivity contribution in [1.29, 1.82) is 0 Å². The molecule has 21 heavy (non-hydrogen) atoms. The van der Waals surface area contributed by atoms with E-state index >= 15 is 0 Å². The van der Waals surface area contributed by atoms with Gasteiger partial charge in [0.25, 0.3) is 0 Å². The van der Waals surface area contributed by atoms with E-state index in [4.69, 9.17) is 9.47 Å². The monoisotopic (exact) mass is 287 g/mol. The highest BCUT2D eigenvalue weighted by Gasteiger charge is 2.03. The highest BCUT2D eigenvalue weighted by Crippen LogP contribution is 2.27. The molecule has 4 nitrogen and oxygen atoms in total. The Morgan fingerprint density at radius 1 is 1.10 bits per heavy atom. The summed E-state index contributed by atoms with van der Waals surface area (Å²) in [5.74, 6) is 0.688. The van der Waals surface area contributed by atoms with Gasteiger partial charge >= 0.3 is 0 Å². The zero-order valence-corrected chi connectivity index (χ0v) is 12.4. The average molecular weight is 287 g/mol. The van der Waals surface area contributed by atoms with Crippen molar-refractivity contribution in [1.82, 2.24) is 0 Å². The third kappa shape index (κ3) is 4.39. The molecule has 2 aromatic carbocycles. The van der Waals surface area contributed by atoms with Gasteiger partial charge in [0.2, 0.25) is 0 Å². The van der Waals surface area contributed by atoms with Crippen molar-refractivity contribution in [3.05, 3.63) is 53.6 Å². The van der Waals surface area contributed by atoms with E-state index in [2.05, 4.69) is 11.4 Å². The van der Waals surface area contributed by atoms with Gasteiger partial charge < -0.3 is 19.9 Å². The number of ether oxygens (including phenoxy) is 2. The maximum absolute atomic E-state index is 9.69. The zero-order valence-electron chi connectivity index (χ0n) is 12.4. The molecule has 0 radical (unpaired) electrons. The van der Waals surface area contributed by atoms with Crippen LogP contribution < -0.4 is 10.1 Å². The standard InChI is InChI=1S/C17H21NO3/c1-3-21-17-10-13(7-8-16(17)19)11-18-15-6-4-5-14(9-15)12-20-2/h4-10,18-19H,3,11-12H2,1-2H3. The van der Waals surface area contributed by atoms with Crippen molar-refractivity contribution in [3.8, 4) is 11.5 Å². The Hall–Kier alpha value is -2.20. The van der Waals surface area contributed by atoms with Crippen molar-refractivity contribution < 1.29 is 14.6 Å². The van der Waals surface area contributed by atoms with Crippen LogP contribution in [-0.2, 0) is 17.9 Å². The van der Waals surface area contributed by atoms with E-state index in [1.807, 2.05) is 37.3 Å². The average Bonchev–Trinajstić information content (AvgIpc) is 2.49. The maximum atomic E-state index is 9.69. The number of nitrogens with one attached hydrogen (secondary N) is 1. The predicted molar refractivity (Wildman–Crippen MR) is 83.8 cm³/mol. The van der Waals surface area contributed by atoms with Gasteiger partial charge in [-0.3, -0.25) is 0 Å². The molecule has 0 unspecified atom stereocenters.